The molecule has 0 radical (unpaired) electrons. The molecule has 2 saturated carbocycles. The molecule has 0 spiro atoms. The molecule has 2 aliphatic carbocycles. The predicted octanol–water partition coefficient (Wildman–Crippen LogP) is -0.389. The largest absolute Gasteiger partial charge is 0.481 e. The number of fused-ring (bicyclic) bond motifs is 2. The summed E-state index contributed by atoms with van der Waals surface area (Å²) in [5.41, 5.74) is 0.150. The summed E-state index contributed by atoms with van der Waals surface area (Å²) in [4.78, 5) is 43.0. The smallest absolute Gasteiger partial charge is 0.312 e. The Balaban J connectivity index is 2.62. The summed E-state index contributed by atoms with van der Waals surface area (Å²) in [7, 11) is 0. The Hall–Kier alpha value is -2.18. The molecule has 2 bridgehead atoms. The minimum atomic E-state index is -1.18. The third-order valence-corrected chi connectivity index (χ3v) is 3.22. The Bertz CT molecular complexity index is 521. The van der Waals surface area contributed by atoms with Crippen molar-refractivity contribution in [2.75, 3.05) is 0 Å². The second-order valence-electron chi connectivity index (χ2n) is 3.80. The van der Waals surface area contributed by atoms with E-state index in [1.54, 1.807) is 17.8 Å². The van der Waals surface area contributed by atoms with Gasteiger partial charge in [0.1, 0.15) is 17.8 Å². The fourth-order valence-corrected chi connectivity index (χ4v) is 2.59. The van der Waals surface area contributed by atoms with E-state index < -0.39 is 23.7 Å². The SMILES string of the molecule is O=C=C1C(=C=O)C2CC1C(=C=O)C2C(=O)O. The van der Waals surface area contributed by atoms with Crippen LogP contribution in [-0.2, 0) is 19.2 Å². The minimum absolute atomic E-state index is 0.0369. The van der Waals surface area contributed by atoms with Gasteiger partial charge in [-0.3, -0.25) is 4.79 Å². The third-order valence-electron chi connectivity index (χ3n) is 3.22. The highest BCUT2D eigenvalue weighted by molar-refractivity contribution is 5.88. The van der Waals surface area contributed by atoms with Gasteiger partial charge in [0, 0.05) is 17.4 Å². The van der Waals surface area contributed by atoms with E-state index in [0.29, 0.717) is 0 Å². The van der Waals surface area contributed by atoms with Gasteiger partial charge in [0.25, 0.3) is 0 Å². The highest BCUT2D eigenvalue weighted by Crippen LogP contribution is 2.55. The lowest BCUT2D eigenvalue weighted by atomic mass is 9.80. The van der Waals surface area contributed by atoms with E-state index in [1.807, 2.05) is 0 Å². The van der Waals surface area contributed by atoms with Crippen molar-refractivity contribution < 1.29 is 24.3 Å². The predicted molar refractivity (Wildman–Crippen MR) is 50.3 cm³/mol. The van der Waals surface area contributed by atoms with Crippen molar-refractivity contribution in [3.05, 3.63) is 16.7 Å². The molecule has 0 aromatic carbocycles. The molecule has 3 unspecified atom stereocenters. The second kappa shape index (κ2) is 3.44. The van der Waals surface area contributed by atoms with Crippen molar-refractivity contribution in [1.82, 2.24) is 0 Å². The molecule has 80 valence electrons. The van der Waals surface area contributed by atoms with Crippen LogP contribution in [0.4, 0.5) is 0 Å². The minimum Gasteiger partial charge on any atom is -0.481 e. The van der Waals surface area contributed by atoms with Crippen LogP contribution in [0.25, 0.3) is 0 Å². The van der Waals surface area contributed by atoms with E-state index in [-0.39, 0.29) is 23.1 Å². The maximum absolute atomic E-state index is 11.0. The molecule has 0 aromatic rings. The lowest BCUT2D eigenvalue weighted by Gasteiger charge is -2.19. The summed E-state index contributed by atoms with van der Waals surface area (Å²) in [5.74, 6) is 1.29. The summed E-state index contributed by atoms with van der Waals surface area (Å²) >= 11 is 0. The average molecular weight is 218 g/mol. The van der Waals surface area contributed by atoms with Gasteiger partial charge in [0.15, 0.2) is 0 Å². The molecule has 1 N–H and O–H groups in total. The zero-order chi connectivity index (χ0) is 11.9. The Morgan fingerprint density at radius 1 is 1.12 bits per heavy atom. The van der Waals surface area contributed by atoms with E-state index in [1.165, 1.54) is 0 Å². The maximum Gasteiger partial charge on any atom is 0.312 e. The summed E-state index contributed by atoms with van der Waals surface area (Å²) in [6.45, 7) is 0. The van der Waals surface area contributed by atoms with E-state index in [2.05, 4.69) is 0 Å². The Morgan fingerprint density at radius 3 is 2.19 bits per heavy atom. The number of carbonyl (C=O) groups is 1. The number of hydrogen-bond donors (Lipinski definition) is 1. The Labute approximate surface area is 89.7 Å². The van der Waals surface area contributed by atoms with Gasteiger partial charge < -0.3 is 5.11 Å². The number of rotatable bonds is 1. The van der Waals surface area contributed by atoms with Crippen molar-refractivity contribution in [1.29, 1.82) is 0 Å². The van der Waals surface area contributed by atoms with Crippen molar-refractivity contribution >= 4 is 23.8 Å². The van der Waals surface area contributed by atoms with Gasteiger partial charge in [-0.2, -0.15) is 0 Å². The number of aliphatic carboxylic acids is 1. The Kier molecular flexibility index (Phi) is 2.22. The zero-order valence-corrected chi connectivity index (χ0v) is 8.02. The number of carbonyl (C=O) groups excluding carboxylic acids is 3. The van der Waals surface area contributed by atoms with Crippen molar-refractivity contribution in [3.63, 3.8) is 0 Å². The fourth-order valence-electron chi connectivity index (χ4n) is 2.59. The molecule has 0 aliphatic heterocycles. The second-order valence-corrected chi connectivity index (χ2v) is 3.80. The molecule has 2 rings (SSSR count). The van der Waals surface area contributed by atoms with Crippen LogP contribution in [0.3, 0.4) is 0 Å². The number of hydrogen-bond acceptors (Lipinski definition) is 4. The number of carboxylic acid groups (broad SMARTS) is 1. The molecule has 2 aliphatic rings. The molecule has 5 heteroatoms. The molecule has 0 aromatic heterocycles. The van der Waals surface area contributed by atoms with Gasteiger partial charge in [-0.05, 0) is 6.42 Å². The van der Waals surface area contributed by atoms with Crippen LogP contribution < -0.4 is 0 Å². The van der Waals surface area contributed by atoms with Crippen LogP contribution in [-0.4, -0.2) is 28.9 Å². The first kappa shape index (κ1) is 10.3. The molecule has 5 nitrogen and oxygen atoms in total. The third kappa shape index (κ3) is 1.08. The number of allylic oxidation sites excluding steroid dienone is 2. The van der Waals surface area contributed by atoms with Crippen molar-refractivity contribution in [2.45, 2.75) is 6.42 Å². The lowest BCUT2D eigenvalue weighted by Crippen LogP contribution is -2.26. The summed E-state index contributed by atoms with van der Waals surface area (Å²) in [5, 5.41) is 8.96. The molecule has 0 heterocycles. The quantitative estimate of drug-likeness (QED) is 0.605. The van der Waals surface area contributed by atoms with Gasteiger partial charge in [0.2, 0.25) is 0 Å². The van der Waals surface area contributed by atoms with Gasteiger partial charge in [-0.15, -0.1) is 0 Å². The van der Waals surface area contributed by atoms with Gasteiger partial charge >= 0.3 is 5.97 Å². The van der Waals surface area contributed by atoms with Crippen LogP contribution in [0.1, 0.15) is 6.42 Å². The molecule has 3 atom stereocenters. The van der Waals surface area contributed by atoms with E-state index in [4.69, 9.17) is 5.11 Å². The molecule has 0 saturated heterocycles. The Morgan fingerprint density at radius 2 is 1.75 bits per heavy atom. The summed E-state index contributed by atoms with van der Waals surface area (Å²) in [6.07, 6.45) is 0.288. The van der Waals surface area contributed by atoms with Crippen molar-refractivity contribution in [3.8, 4) is 0 Å². The maximum atomic E-state index is 11.0. The topological polar surface area (TPSA) is 88.5 Å². The summed E-state index contributed by atoms with van der Waals surface area (Å²) in [6, 6.07) is 0. The summed E-state index contributed by atoms with van der Waals surface area (Å²) < 4.78 is 0. The molecule has 0 amide bonds. The van der Waals surface area contributed by atoms with Gasteiger partial charge in [-0.1, -0.05) is 0 Å². The lowest BCUT2D eigenvalue weighted by molar-refractivity contribution is -0.141. The van der Waals surface area contributed by atoms with Crippen LogP contribution in [0.5, 0.6) is 0 Å². The van der Waals surface area contributed by atoms with Crippen LogP contribution >= 0.6 is 0 Å². The monoisotopic (exact) mass is 218 g/mol. The molecule has 2 fully saturated rings. The van der Waals surface area contributed by atoms with Crippen LogP contribution in [0, 0.1) is 17.8 Å². The molecule has 16 heavy (non-hydrogen) atoms. The average Bonchev–Trinajstić information content (AvgIpc) is 2.81. The van der Waals surface area contributed by atoms with Gasteiger partial charge in [-0.25, -0.2) is 14.4 Å². The highest BCUT2D eigenvalue weighted by Gasteiger charge is 2.55. The van der Waals surface area contributed by atoms with E-state index in [0.717, 1.165) is 0 Å². The first-order valence-electron chi connectivity index (χ1n) is 4.63. The van der Waals surface area contributed by atoms with Crippen LogP contribution in [0.15, 0.2) is 16.7 Å². The van der Waals surface area contributed by atoms with Gasteiger partial charge in [0.05, 0.1) is 17.1 Å². The van der Waals surface area contributed by atoms with Crippen molar-refractivity contribution in [2.24, 2.45) is 17.8 Å². The normalized spacial score (nSPS) is 31.0. The molecular weight excluding hydrogens is 212 g/mol. The first-order valence-corrected chi connectivity index (χ1v) is 4.63. The van der Waals surface area contributed by atoms with E-state index >= 15 is 0 Å². The number of carboxylic acids is 1. The van der Waals surface area contributed by atoms with E-state index in [9.17, 15) is 19.2 Å². The van der Waals surface area contributed by atoms with Crippen LogP contribution in [0.2, 0.25) is 0 Å². The zero-order valence-electron chi connectivity index (χ0n) is 8.02. The fraction of sp³-hybridized carbons (Fsp3) is 0.364. The molecular formula is C11H6O5. The standard InChI is InChI=1S/C11H6O5/c12-2-7-5-1-6(8(7)3-13)10(11(15)16)9(5)4-14/h5-6,10H,1H2,(H,15,16). The first-order chi connectivity index (χ1) is 7.65. The highest BCUT2D eigenvalue weighted by atomic mass is 16.4.